The molecule has 1 atom stereocenters. The molecule has 0 spiro atoms. The second kappa shape index (κ2) is 12.9. The number of ketones is 1. The molecule has 2 aliphatic rings. The zero-order chi connectivity index (χ0) is 31.4. The summed E-state index contributed by atoms with van der Waals surface area (Å²) >= 11 is 0. The van der Waals surface area contributed by atoms with Crippen molar-refractivity contribution in [3.05, 3.63) is 83.1 Å². The first kappa shape index (κ1) is 30.8. The Bertz CT molecular complexity index is 1560. The molecule has 0 radical (unpaired) electrons. The lowest BCUT2D eigenvalue weighted by Gasteiger charge is -2.38. The Morgan fingerprint density at radius 1 is 0.909 bits per heavy atom. The van der Waals surface area contributed by atoms with Crippen molar-refractivity contribution >= 4 is 23.1 Å². The number of hydrogen-bond acceptors (Lipinski definition) is 8. The second-order valence-corrected chi connectivity index (χ2v) is 11.9. The van der Waals surface area contributed by atoms with E-state index in [2.05, 4.69) is 24.5 Å². The maximum absolute atomic E-state index is 14.1. The lowest BCUT2D eigenvalue weighted by atomic mass is 9.73. The molecule has 3 aromatic rings. The fourth-order valence-electron chi connectivity index (χ4n) is 6.17. The predicted octanol–water partition coefficient (Wildman–Crippen LogP) is 5.70. The molecular weight excluding hydrogens is 558 g/mol. The Morgan fingerprint density at radius 3 is 2.27 bits per heavy atom. The molecular formula is C35H41N3O6. The number of rotatable bonds is 10. The summed E-state index contributed by atoms with van der Waals surface area (Å²) in [6, 6.07) is 18.6. The van der Waals surface area contributed by atoms with Crippen LogP contribution >= 0.6 is 0 Å². The van der Waals surface area contributed by atoms with Gasteiger partial charge in [0.25, 0.3) is 0 Å². The summed E-state index contributed by atoms with van der Waals surface area (Å²) in [7, 11) is 6.37. The van der Waals surface area contributed by atoms with Gasteiger partial charge in [-0.2, -0.15) is 0 Å². The molecule has 1 amide bonds. The van der Waals surface area contributed by atoms with Gasteiger partial charge in [0.2, 0.25) is 5.91 Å². The Balaban J connectivity index is 1.57. The van der Waals surface area contributed by atoms with Gasteiger partial charge in [0, 0.05) is 35.9 Å². The summed E-state index contributed by atoms with van der Waals surface area (Å²) < 4.78 is 22.4. The number of allylic oxidation sites excluding steroid dienone is 1. The molecule has 0 saturated carbocycles. The smallest absolute Gasteiger partial charge is 0.239 e. The molecule has 1 aliphatic carbocycles. The number of para-hydroxylation sites is 2. The van der Waals surface area contributed by atoms with Crippen molar-refractivity contribution in [3.8, 4) is 23.0 Å². The molecule has 1 unspecified atom stereocenters. The maximum Gasteiger partial charge on any atom is 0.239 e. The number of Topliss-reactive ketones (excluding diaryl/α,β-unsaturated/α-hetero) is 1. The first-order valence-electron chi connectivity index (χ1n) is 14.8. The molecule has 232 valence electrons. The minimum Gasteiger partial charge on any atom is -0.497 e. The fraction of sp³-hybridized carbons (Fsp3) is 0.371. The van der Waals surface area contributed by atoms with Gasteiger partial charge in [0.1, 0.15) is 11.5 Å². The number of fused-ring (bicyclic) bond motifs is 1. The number of carbonyl (C=O) groups is 2. The summed E-state index contributed by atoms with van der Waals surface area (Å²) in [5, 5.41) is 6.68. The van der Waals surface area contributed by atoms with Gasteiger partial charge in [0.15, 0.2) is 17.3 Å². The first-order chi connectivity index (χ1) is 21.2. The van der Waals surface area contributed by atoms with Crippen molar-refractivity contribution in [1.29, 1.82) is 0 Å². The van der Waals surface area contributed by atoms with E-state index in [1.54, 1.807) is 34.5 Å². The number of amides is 1. The average Bonchev–Trinajstić information content (AvgIpc) is 3.14. The third-order valence-electron chi connectivity index (χ3n) is 8.24. The fourth-order valence-corrected chi connectivity index (χ4v) is 6.17. The van der Waals surface area contributed by atoms with E-state index in [4.69, 9.17) is 18.9 Å². The van der Waals surface area contributed by atoms with Crippen molar-refractivity contribution in [2.24, 2.45) is 5.41 Å². The SMILES string of the molecule is COc1ccc(CCNC(=O)CN2c3ccccc3NC3=C(C(=O)CC(C)(C)C3)C2c2cc(OC)c(OC)cc2OC)cc1. The Morgan fingerprint density at radius 2 is 1.59 bits per heavy atom. The van der Waals surface area contributed by atoms with Crippen LogP contribution in [0.1, 0.15) is 43.9 Å². The zero-order valence-corrected chi connectivity index (χ0v) is 26.3. The highest BCUT2D eigenvalue weighted by Gasteiger charge is 2.43. The van der Waals surface area contributed by atoms with E-state index in [-0.39, 0.29) is 23.7 Å². The van der Waals surface area contributed by atoms with E-state index in [0.29, 0.717) is 54.2 Å². The minimum atomic E-state index is -0.633. The Hall–Kier alpha value is -4.66. The van der Waals surface area contributed by atoms with E-state index in [0.717, 1.165) is 28.4 Å². The van der Waals surface area contributed by atoms with Crippen molar-refractivity contribution in [2.75, 3.05) is 51.7 Å². The monoisotopic (exact) mass is 599 g/mol. The molecule has 3 aromatic carbocycles. The second-order valence-electron chi connectivity index (χ2n) is 11.9. The van der Waals surface area contributed by atoms with Crippen LogP contribution in [0.3, 0.4) is 0 Å². The van der Waals surface area contributed by atoms with E-state index in [1.165, 1.54) is 0 Å². The molecule has 0 fully saturated rings. The van der Waals surface area contributed by atoms with Crippen molar-refractivity contribution in [3.63, 3.8) is 0 Å². The van der Waals surface area contributed by atoms with Gasteiger partial charge in [-0.25, -0.2) is 0 Å². The number of carbonyl (C=O) groups excluding carboxylic acids is 2. The highest BCUT2D eigenvalue weighted by molar-refractivity contribution is 6.02. The Kier molecular flexibility index (Phi) is 9.04. The maximum atomic E-state index is 14.1. The van der Waals surface area contributed by atoms with Gasteiger partial charge in [0.05, 0.1) is 52.4 Å². The van der Waals surface area contributed by atoms with Crippen LogP contribution in [-0.4, -0.2) is 53.2 Å². The van der Waals surface area contributed by atoms with E-state index >= 15 is 0 Å². The highest BCUT2D eigenvalue weighted by atomic mass is 16.5. The lowest BCUT2D eigenvalue weighted by Crippen LogP contribution is -2.42. The van der Waals surface area contributed by atoms with Crippen LogP contribution in [0.15, 0.2) is 71.9 Å². The van der Waals surface area contributed by atoms with Crippen molar-refractivity contribution in [2.45, 2.75) is 39.2 Å². The number of benzene rings is 3. The molecule has 0 aromatic heterocycles. The standard InChI is InChI=1S/C35H41N3O6/c1-35(2)19-26-33(28(39)20-35)34(24-17-30(43-5)31(44-6)18-29(24)42-4)38(27-10-8-7-9-25(27)37-26)21-32(40)36-16-15-22-11-13-23(41-3)14-12-22/h7-14,17-18,34,37H,15-16,19-21H2,1-6H3,(H,36,40). The van der Waals surface area contributed by atoms with Gasteiger partial charge in [-0.3, -0.25) is 9.59 Å². The van der Waals surface area contributed by atoms with Crippen molar-refractivity contribution < 1.29 is 28.5 Å². The lowest BCUT2D eigenvalue weighted by molar-refractivity contribution is -0.120. The van der Waals surface area contributed by atoms with Gasteiger partial charge < -0.3 is 34.5 Å². The van der Waals surface area contributed by atoms with E-state index < -0.39 is 6.04 Å². The molecule has 44 heavy (non-hydrogen) atoms. The topological polar surface area (TPSA) is 98.4 Å². The summed E-state index contributed by atoms with van der Waals surface area (Å²) in [5.74, 6) is 2.20. The van der Waals surface area contributed by atoms with Crippen LogP contribution in [0.25, 0.3) is 0 Å². The zero-order valence-electron chi connectivity index (χ0n) is 26.3. The van der Waals surface area contributed by atoms with Gasteiger partial charge in [-0.1, -0.05) is 38.1 Å². The predicted molar refractivity (Wildman–Crippen MR) is 171 cm³/mol. The van der Waals surface area contributed by atoms with Crippen LogP contribution < -0.4 is 34.5 Å². The Labute approximate surface area is 259 Å². The quantitative estimate of drug-likeness (QED) is 0.307. The summed E-state index contributed by atoms with van der Waals surface area (Å²) in [6.45, 7) is 4.68. The van der Waals surface area contributed by atoms with Crippen molar-refractivity contribution in [1.82, 2.24) is 5.32 Å². The number of nitrogens with zero attached hydrogens (tertiary/aromatic N) is 1. The minimum absolute atomic E-state index is 0.0108. The average molecular weight is 600 g/mol. The number of nitrogens with one attached hydrogen (secondary N) is 2. The van der Waals surface area contributed by atoms with E-state index in [1.807, 2.05) is 59.5 Å². The molecule has 9 heteroatoms. The van der Waals surface area contributed by atoms with Crippen LogP contribution in [0.2, 0.25) is 0 Å². The molecule has 0 bridgehead atoms. The molecule has 1 heterocycles. The molecule has 1 aliphatic heterocycles. The summed E-state index contributed by atoms with van der Waals surface area (Å²) in [5.41, 5.74) is 4.68. The third kappa shape index (κ3) is 6.32. The van der Waals surface area contributed by atoms with Crippen LogP contribution in [0.4, 0.5) is 11.4 Å². The molecule has 9 nitrogen and oxygen atoms in total. The summed E-state index contributed by atoms with van der Waals surface area (Å²) in [4.78, 5) is 29.7. The number of hydrogen-bond donors (Lipinski definition) is 2. The third-order valence-corrected chi connectivity index (χ3v) is 8.24. The van der Waals surface area contributed by atoms with Gasteiger partial charge in [-0.05, 0) is 54.2 Å². The first-order valence-corrected chi connectivity index (χ1v) is 14.8. The van der Waals surface area contributed by atoms with Crippen LogP contribution in [0, 0.1) is 5.41 Å². The largest absolute Gasteiger partial charge is 0.497 e. The van der Waals surface area contributed by atoms with Crippen LogP contribution in [-0.2, 0) is 16.0 Å². The summed E-state index contributed by atoms with van der Waals surface area (Å²) in [6.07, 6.45) is 1.73. The number of ether oxygens (including phenoxy) is 4. The normalized spacial score (nSPS) is 17.1. The van der Waals surface area contributed by atoms with E-state index in [9.17, 15) is 9.59 Å². The molecule has 2 N–H and O–H groups in total. The number of anilines is 2. The van der Waals surface area contributed by atoms with Gasteiger partial charge >= 0.3 is 0 Å². The molecule has 5 rings (SSSR count). The van der Waals surface area contributed by atoms with Gasteiger partial charge in [-0.15, -0.1) is 0 Å². The highest BCUT2D eigenvalue weighted by Crippen LogP contribution is 2.51. The molecule has 0 saturated heterocycles. The number of methoxy groups -OCH3 is 4. The van der Waals surface area contributed by atoms with Crippen LogP contribution in [0.5, 0.6) is 23.0 Å².